The quantitative estimate of drug-likeness (QED) is 0.802. The molecule has 0 fully saturated rings. The maximum Gasteiger partial charge on any atom is 0.168 e. The van der Waals surface area contributed by atoms with Crippen LogP contribution in [-0.2, 0) is 11.0 Å². The van der Waals surface area contributed by atoms with Crippen LogP contribution in [0, 0.1) is 11.6 Å². The van der Waals surface area contributed by atoms with Gasteiger partial charge in [-0.1, -0.05) is 18.2 Å². The van der Waals surface area contributed by atoms with Crippen LogP contribution in [0.25, 0.3) is 10.9 Å². The number of anilines is 1. The molecular weight excluding hydrogens is 294 g/mol. The van der Waals surface area contributed by atoms with E-state index in [-0.39, 0.29) is 16.6 Å². The Morgan fingerprint density at radius 2 is 1.81 bits per heavy atom. The van der Waals surface area contributed by atoms with Crippen LogP contribution >= 0.6 is 0 Å². The van der Waals surface area contributed by atoms with Crippen molar-refractivity contribution < 1.29 is 13.0 Å². The molecule has 106 valence electrons. The van der Waals surface area contributed by atoms with Crippen molar-refractivity contribution in [1.82, 2.24) is 4.98 Å². The van der Waals surface area contributed by atoms with E-state index in [1.165, 1.54) is 18.3 Å². The number of hydrogen-bond donors (Lipinski definition) is 1. The zero-order valence-electron chi connectivity index (χ0n) is 10.7. The molecule has 0 bridgehead atoms. The summed E-state index contributed by atoms with van der Waals surface area (Å²) in [6.07, 6.45) is 1.47. The molecule has 21 heavy (non-hydrogen) atoms. The first kappa shape index (κ1) is 13.6. The second-order valence-electron chi connectivity index (χ2n) is 4.30. The summed E-state index contributed by atoms with van der Waals surface area (Å²) >= 11 is 0. The van der Waals surface area contributed by atoms with E-state index in [9.17, 15) is 13.0 Å². The fourth-order valence-electron chi connectivity index (χ4n) is 1.96. The highest BCUT2D eigenvalue weighted by molar-refractivity contribution is 7.86. The van der Waals surface area contributed by atoms with Gasteiger partial charge in [-0.2, -0.15) is 0 Å². The van der Waals surface area contributed by atoms with E-state index in [1.54, 1.807) is 30.3 Å². The number of aromatic nitrogens is 1. The summed E-state index contributed by atoms with van der Waals surface area (Å²) in [5, 5.41) is 0.0464. The first-order valence-electron chi connectivity index (χ1n) is 6.13. The van der Waals surface area contributed by atoms with Crippen LogP contribution in [-0.4, -0.2) is 9.19 Å². The first-order valence-corrected chi connectivity index (χ1v) is 7.28. The van der Waals surface area contributed by atoms with Crippen LogP contribution < -0.4 is 4.72 Å². The van der Waals surface area contributed by atoms with Crippen LogP contribution in [0.1, 0.15) is 0 Å². The van der Waals surface area contributed by atoms with E-state index < -0.39 is 22.6 Å². The Hall–Kier alpha value is -2.34. The van der Waals surface area contributed by atoms with Gasteiger partial charge in [-0.05, 0) is 24.3 Å². The summed E-state index contributed by atoms with van der Waals surface area (Å²) in [7, 11) is -1.58. The van der Waals surface area contributed by atoms with Crippen molar-refractivity contribution in [3.8, 4) is 0 Å². The average Bonchev–Trinajstić information content (AvgIpc) is 2.53. The van der Waals surface area contributed by atoms with Crippen LogP contribution in [0.2, 0.25) is 0 Å². The summed E-state index contributed by atoms with van der Waals surface area (Å²) < 4.78 is 42.2. The fraction of sp³-hybridized carbons (Fsp3) is 0. The van der Waals surface area contributed by atoms with Gasteiger partial charge < -0.3 is 0 Å². The standard InChI is InChI=1S/C15H10F2N2OS/c16-12-9-13(15-11(14(12)17)7-4-8-18-15)19-21(20)10-5-2-1-3-6-10/h1-9,19H. The van der Waals surface area contributed by atoms with Crippen LogP contribution in [0.5, 0.6) is 0 Å². The minimum atomic E-state index is -1.58. The Morgan fingerprint density at radius 1 is 1.05 bits per heavy atom. The number of nitrogens with zero attached hydrogens (tertiary/aromatic N) is 1. The summed E-state index contributed by atoms with van der Waals surface area (Å²) in [4.78, 5) is 4.56. The SMILES string of the molecule is O=S(Nc1cc(F)c(F)c2cccnc12)c1ccccc1. The number of benzene rings is 2. The van der Waals surface area contributed by atoms with E-state index in [4.69, 9.17) is 0 Å². The van der Waals surface area contributed by atoms with Gasteiger partial charge in [0.25, 0.3) is 0 Å². The highest BCUT2D eigenvalue weighted by atomic mass is 32.2. The van der Waals surface area contributed by atoms with Crippen molar-refractivity contribution in [2.75, 3.05) is 4.72 Å². The Balaban J connectivity index is 2.05. The van der Waals surface area contributed by atoms with E-state index in [0.29, 0.717) is 4.90 Å². The number of hydrogen-bond acceptors (Lipinski definition) is 2. The van der Waals surface area contributed by atoms with Crippen LogP contribution in [0.4, 0.5) is 14.5 Å². The molecule has 1 N–H and O–H groups in total. The highest BCUT2D eigenvalue weighted by Gasteiger charge is 2.14. The molecular formula is C15H10F2N2OS. The minimum absolute atomic E-state index is 0.0464. The van der Waals surface area contributed by atoms with E-state index in [0.717, 1.165) is 6.07 Å². The summed E-state index contributed by atoms with van der Waals surface area (Å²) in [5.41, 5.74) is 0.423. The van der Waals surface area contributed by atoms with Gasteiger partial charge in [0.05, 0.1) is 16.1 Å². The van der Waals surface area contributed by atoms with Gasteiger partial charge in [0.1, 0.15) is 11.0 Å². The molecule has 1 aromatic heterocycles. The van der Waals surface area contributed by atoms with Crippen molar-refractivity contribution in [3.05, 3.63) is 66.4 Å². The maximum atomic E-state index is 13.7. The number of fused-ring (bicyclic) bond motifs is 1. The first-order chi connectivity index (χ1) is 10.2. The zero-order chi connectivity index (χ0) is 14.8. The molecule has 0 saturated carbocycles. The topological polar surface area (TPSA) is 42.0 Å². The molecule has 3 rings (SSSR count). The minimum Gasteiger partial charge on any atom is -0.299 e. The second kappa shape index (κ2) is 5.57. The molecule has 0 saturated heterocycles. The highest BCUT2D eigenvalue weighted by Crippen LogP contribution is 2.27. The van der Waals surface area contributed by atoms with E-state index in [1.807, 2.05) is 0 Å². The molecule has 0 amide bonds. The Kier molecular flexibility index (Phi) is 3.62. The Bertz CT molecular complexity index is 825. The lowest BCUT2D eigenvalue weighted by Crippen LogP contribution is -2.06. The lowest BCUT2D eigenvalue weighted by atomic mass is 10.2. The second-order valence-corrected chi connectivity index (χ2v) is 5.52. The van der Waals surface area contributed by atoms with Crippen LogP contribution in [0.15, 0.2) is 59.6 Å². The summed E-state index contributed by atoms with van der Waals surface area (Å²) in [6.45, 7) is 0. The third-order valence-corrected chi connectivity index (χ3v) is 4.05. The molecule has 1 unspecified atom stereocenters. The van der Waals surface area contributed by atoms with Gasteiger partial charge in [0, 0.05) is 17.6 Å². The van der Waals surface area contributed by atoms with Gasteiger partial charge in [0.2, 0.25) is 0 Å². The molecule has 0 aliphatic heterocycles. The molecule has 1 atom stereocenters. The number of halogens is 2. The lowest BCUT2D eigenvalue weighted by Gasteiger charge is -2.10. The third kappa shape index (κ3) is 2.62. The Labute approximate surface area is 122 Å². The number of rotatable bonds is 3. The molecule has 0 radical (unpaired) electrons. The average molecular weight is 304 g/mol. The Morgan fingerprint density at radius 3 is 2.57 bits per heavy atom. The largest absolute Gasteiger partial charge is 0.299 e. The molecule has 2 aromatic carbocycles. The number of pyridine rings is 1. The maximum absolute atomic E-state index is 13.7. The van der Waals surface area contributed by atoms with Crippen molar-refractivity contribution >= 4 is 27.6 Å². The predicted octanol–water partition coefficient (Wildman–Crippen LogP) is 3.65. The molecule has 3 nitrogen and oxygen atoms in total. The fourth-order valence-corrected chi connectivity index (χ4v) is 2.84. The van der Waals surface area contributed by atoms with E-state index in [2.05, 4.69) is 9.71 Å². The van der Waals surface area contributed by atoms with Crippen molar-refractivity contribution in [3.63, 3.8) is 0 Å². The molecule has 1 heterocycles. The molecule has 0 aliphatic carbocycles. The van der Waals surface area contributed by atoms with Gasteiger partial charge in [-0.25, -0.2) is 13.0 Å². The molecule has 0 aliphatic rings. The van der Waals surface area contributed by atoms with Crippen LogP contribution in [0.3, 0.4) is 0 Å². The predicted molar refractivity (Wildman–Crippen MR) is 78.1 cm³/mol. The van der Waals surface area contributed by atoms with Gasteiger partial charge in [-0.3, -0.25) is 9.71 Å². The molecule has 3 aromatic rings. The monoisotopic (exact) mass is 304 g/mol. The molecule has 0 spiro atoms. The van der Waals surface area contributed by atoms with Gasteiger partial charge in [0.15, 0.2) is 11.6 Å². The van der Waals surface area contributed by atoms with Gasteiger partial charge >= 0.3 is 0 Å². The van der Waals surface area contributed by atoms with E-state index >= 15 is 0 Å². The summed E-state index contributed by atoms with van der Waals surface area (Å²) in [6, 6.07) is 12.6. The normalized spacial score (nSPS) is 12.3. The summed E-state index contributed by atoms with van der Waals surface area (Å²) in [5.74, 6) is -1.97. The van der Waals surface area contributed by atoms with Crippen molar-refractivity contribution in [2.45, 2.75) is 4.90 Å². The zero-order valence-corrected chi connectivity index (χ0v) is 11.5. The van der Waals surface area contributed by atoms with Crippen molar-refractivity contribution in [2.24, 2.45) is 0 Å². The lowest BCUT2D eigenvalue weighted by molar-refractivity contribution is 0.517. The molecule has 6 heteroatoms. The van der Waals surface area contributed by atoms with Gasteiger partial charge in [-0.15, -0.1) is 0 Å². The smallest absolute Gasteiger partial charge is 0.168 e. The van der Waals surface area contributed by atoms with Crippen molar-refractivity contribution in [1.29, 1.82) is 0 Å². The third-order valence-electron chi connectivity index (χ3n) is 2.94. The number of nitrogens with one attached hydrogen (secondary N) is 1.